The zero-order valence-corrected chi connectivity index (χ0v) is 21.4. The lowest BCUT2D eigenvalue weighted by atomic mass is 10.2. The average Bonchev–Trinajstić information content (AvgIpc) is 3.18. The highest BCUT2D eigenvalue weighted by Crippen LogP contribution is 2.33. The molecule has 36 heavy (non-hydrogen) atoms. The summed E-state index contributed by atoms with van der Waals surface area (Å²) >= 11 is 6.57. The van der Waals surface area contributed by atoms with Crippen LogP contribution in [0.25, 0.3) is 11.7 Å². The molecule has 0 unspecified atom stereocenters. The third kappa shape index (κ3) is 4.49. The number of pyridine rings is 1. The van der Waals surface area contributed by atoms with E-state index < -0.39 is 0 Å². The molecular formula is C26H25N5O3S2. The number of hydrogen-bond donors (Lipinski definition) is 0. The number of amides is 1. The molecule has 0 atom stereocenters. The second-order valence-electron chi connectivity index (χ2n) is 8.34. The van der Waals surface area contributed by atoms with Gasteiger partial charge in [-0.3, -0.25) is 18.9 Å². The fraction of sp³-hybridized carbons (Fsp3) is 0.231. The number of methoxy groups -OCH3 is 1. The monoisotopic (exact) mass is 519 g/mol. The SMILES string of the molecule is C=CCN1C(=O)C(=Cc2c(N3CCN(c4ccc(OC)cc4)CC3)nc3ccccn3c2=O)SC1=S. The molecule has 3 aromatic rings. The highest BCUT2D eigenvalue weighted by Gasteiger charge is 2.32. The van der Waals surface area contributed by atoms with Crippen molar-refractivity contribution in [2.24, 2.45) is 0 Å². The maximum Gasteiger partial charge on any atom is 0.267 e. The number of carbonyl (C=O) groups excluding carboxylic acids is 1. The van der Waals surface area contributed by atoms with Crippen molar-refractivity contribution in [3.8, 4) is 5.75 Å². The molecule has 4 heterocycles. The van der Waals surface area contributed by atoms with Gasteiger partial charge in [0, 0.05) is 44.6 Å². The topological polar surface area (TPSA) is 70.4 Å². The molecule has 2 aromatic heterocycles. The Kier molecular flexibility index (Phi) is 6.80. The number of aromatic nitrogens is 2. The minimum atomic E-state index is -0.224. The molecule has 5 rings (SSSR count). The van der Waals surface area contributed by atoms with Crippen molar-refractivity contribution in [3.63, 3.8) is 0 Å². The number of thioether (sulfide) groups is 1. The van der Waals surface area contributed by atoms with E-state index >= 15 is 0 Å². The van der Waals surface area contributed by atoms with Crippen molar-refractivity contribution in [2.45, 2.75) is 0 Å². The number of anilines is 2. The maximum atomic E-state index is 13.6. The standard InChI is InChI=1S/C26H25N5O3S2/c1-3-11-31-25(33)21(36-26(31)35)17-20-23(27-22-6-4-5-12-30(22)24(20)32)29-15-13-28(14-16-29)18-7-9-19(34-2)10-8-18/h3-10,12,17H,1,11,13-16H2,2H3. The van der Waals surface area contributed by atoms with E-state index in [9.17, 15) is 9.59 Å². The molecule has 10 heteroatoms. The van der Waals surface area contributed by atoms with Crippen molar-refractivity contribution in [1.29, 1.82) is 0 Å². The molecule has 2 saturated heterocycles. The molecular weight excluding hydrogens is 494 g/mol. The Hall–Kier alpha value is -3.63. The lowest BCUT2D eigenvalue weighted by Crippen LogP contribution is -2.47. The van der Waals surface area contributed by atoms with Gasteiger partial charge in [-0.2, -0.15) is 0 Å². The first-order valence-corrected chi connectivity index (χ1v) is 12.7. The second kappa shape index (κ2) is 10.2. The van der Waals surface area contributed by atoms with Gasteiger partial charge in [-0.1, -0.05) is 36.1 Å². The first kappa shape index (κ1) is 24.1. The Labute approximate surface area is 218 Å². The highest BCUT2D eigenvalue weighted by atomic mass is 32.2. The number of fused-ring (bicyclic) bond motifs is 1. The third-order valence-corrected chi connectivity index (χ3v) is 7.60. The van der Waals surface area contributed by atoms with E-state index in [-0.39, 0.29) is 11.5 Å². The van der Waals surface area contributed by atoms with Gasteiger partial charge in [-0.05, 0) is 42.5 Å². The van der Waals surface area contributed by atoms with E-state index in [0.717, 1.165) is 24.5 Å². The van der Waals surface area contributed by atoms with Crippen LogP contribution in [-0.2, 0) is 4.79 Å². The van der Waals surface area contributed by atoms with Crippen LogP contribution in [0.1, 0.15) is 5.56 Å². The minimum Gasteiger partial charge on any atom is -0.497 e. The van der Waals surface area contributed by atoms with E-state index in [1.807, 2.05) is 36.4 Å². The van der Waals surface area contributed by atoms with E-state index in [0.29, 0.717) is 45.9 Å². The molecule has 8 nitrogen and oxygen atoms in total. The van der Waals surface area contributed by atoms with E-state index in [2.05, 4.69) is 16.4 Å². The number of thiocarbonyl (C=S) groups is 1. The first-order chi connectivity index (χ1) is 17.5. The summed E-state index contributed by atoms with van der Waals surface area (Å²) in [5.41, 5.74) is 1.84. The Morgan fingerprint density at radius 2 is 1.81 bits per heavy atom. The number of ether oxygens (including phenoxy) is 1. The second-order valence-corrected chi connectivity index (χ2v) is 10.0. The fourth-order valence-corrected chi connectivity index (χ4v) is 5.60. The molecule has 2 fully saturated rings. The van der Waals surface area contributed by atoms with Crippen molar-refractivity contribution in [2.75, 3.05) is 49.6 Å². The maximum absolute atomic E-state index is 13.6. The van der Waals surface area contributed by atoms with Crippen molar-refractivity contribution in [3.05, 3.63) is 82.1 Å². The van der Waals surface area contributed by atoms with Crippen molar-refractivity contribution >= 4 is 57.4 Å². The molecule has 0 saturated carbocycles. The zero-order valence-electron chi connectivity index (χ0n) is 19.8. The Balaban J connectivity index is 1.49. The van der Waals surface area contributed by atoms with Gasteiger partial charge in [0.2, 0.25) is 0 Å². The summed E-state index contributed by atoms with van der Waals surface area (Å²) in [6.45, 7) is 6.92. The number of benzene rings is 1. The number of piperazine rings is 1. The van der Waals surface area contributed by atoms with Gasteiger partial charge < -0.3 is 14.5 Å². The van der Waals surface area contributed by atoms with Gasteiger partial charge in [0.15, 0.2) is 0 Å². The lowest BCUT2D eigenvalue weighted by molar-refractivity contribution is -0.121. The summed E-state index contributed by atoms with van der Waals surface area (Å²) in [4.78, 5) is 37.7. The first-order valence-electron chi connectivity index (χ1n) is 11.5. The molecule has 2 aliphatic rings. The van der Waals surface area contributed by atoms with E-state index in [1.165, 1.54) is 21.1 Å². The summed E-state index contributed by atoms with van der Waals surface area (Å²) in [6.07, 6.45) is 4.96. The summed E-state index contributed by atoms with van der Waals surface area (Å²) in [6, 6.07) is 13.5. The predicted molar refractivity (Wildman–Crippen MR) is 149 cm³/mol. The molecule has 0 spiro atoms. The normalized spacial score (nSPS) is 17.4. The predicted octanol–water partition coefficient (Wildman–Crippen LogP) is 3.42. The van der Waals surface area contributed by atoms with Gasteiger partial charge in [0.05, 0.1) is 17.6 Å². The van der Waals surface area contributed by atoms with Crippen molar-refractivity contribution in [1.82, 2.24) is 14.3 Å². The van der Waals surface area contributed by atoms with E-state index in [4.69, 9.17) is 21.9 Å². The molecule has 0 radical (unpaired) electrons. The summed E-state index contributed by atoms with van der Waals surface area (Å²) in [7, 11) is 1.65. The molecule has 1 amide bonds. The number of nitrogens with zero attached hydrogens (tertiary/aromatic N) is 5. The Morgan fingerprint density at radius 3 is 2.50 bits per heavy atom. The Morgan fingerprint density at radius 1 is 1.08 bits per heavy atom. The lowest BCUT2D eigenvalue weighted by Gasteiger charge is -2.37. The van der Waals surface area contributed by atoms with Gasteiger partial charge in [-0.25, -0.2) is 4.98 Å². The average molecular weight is 520 g/mol. The molecule has 0 N–H and O–H groups in total. The smallest absolute Gasteiger partial charge is 0.267 e. The quantitative estimate of drug-likeness (QED) is 0.279. The van der Waals surface area contributed by atoms with E-state index in [1.54, 1.807) is 31.5 Å². The summed E-state index contributed by atoms with van der Waals surface area (Å²) < 4.78 is 7.23. The molecule has 0 bridgehead atoms. The molecule has 2 aliphatic heterocycles. The van der Waals surface area contributed by atoms with Gasteiger partial charge in [-0.15, -0.1) is 6.58 Å². The Bertz CT molecular complexity index is 1430. The highest BCUT2D eigenvalue weighted by molar-refractivity contribution is 8.26. The molecule has 1 aromatic carbocycles. The molecule has 0 aliphatic carbocycles. The van der Waals surface area contributed by atoms with Gasteiger partial charge >= 0.3 is 0 Å². The molecule has 184 valence electrons. The van der Waals surface area contributed by atoms with Crippen LogP contribution >= 0.6 is 24.0 Å². The number of hydrogen-bond acceptors (Lipinski definition) is 8. The summed E-state index contributed by atoms with van der Waals surface area (Å²) in [5.74, 6) is 1.17. The van der Waals surface area contributed by atoms with Crippen LogP contribution in [0.2, 0.25) is 0 Å². The van der Waals surface area contributed by atoms with Crippen LogP contribution in [0.5, 0.6) is 5.75 Å². The zero-order chi connectivity index (χ0) is 25.2. The van der Waals surface area contributed by atoms with Crippen LogP contribution in [-0.4, -0.2) is 64.3 Å². The van der Waals surface area contributed by atoms with Crippen LogP contribution < -0.4 is 20.1 Å². The largest absolute Gasteiger partial charge is 0.497 e. The van der Waals surface area contributed by atoms with Gasteiger partial charge in [0.25, 0.3) is 11.5 Å². The van der Waals surface area contributed by atoms with Crippen LogP contribution in [0.15, 0.2) is 71.0 Å². The van der Waals surface area contributed by atoms with Crippen molar-refractivity contribution < 1.29 is 9.53 Å². The minimum absolute atomic E-state index is 0.220. The summed E-state index contributed by atoms with van der Waals surface area (Å²) in [5, 5.41) is 0. The third-order valence-electron chi connectivity index (χ3n) is 6.23. The number of carbonyl (C=O) groups is 1. The van der Waals surface area contributed by atoms with Crippen LogP contribution in [0, 0.1) is 0 Å². The van der Waals surface area contributed by atoms with Crippen LogP contribution in [0.4, 0.5) is 11.5 Å². The fourth-order valence-electron chi connectivity index (χ4n) is 4.35. The number of rotatable bonds is 6. The van der Waals surface area contributed by atoms with Gasteiger partial charge in [0.1, 0.15) is 21.5 Å². The van der Waals surface area contributed by atoms with Crippen LogP contribution in [0.3, 0.4) is 0 Å².